The lowest BCUT2D eigenvalue weighted by atomic mass is 9.91. The van der Waals surface area contributed by atoms with Crippen LogP contribution in [0.3, 0.4) is 0 Å². The SMILES string of the molecule is CCCC(CCCCCc1c(C)nc2n(c1=O)CCC/C2=N/O)c1noc2cc(F)ccc12. The lowest BCUT2D eigenvalue weighted by molar-refractivity contribution is 0.315. The first-order chi connectivity index (χ1) is 16.0. The summed E-state index contributed by atoms with van der Waals surface area (Å²) in [7, 11) is 0. The highest BCUT2D eigenvalue weighted by Gasteiger charge is 2.22. The summed E-state index contributed by atoms with van der Waals surface area (Å²) in [4.78, 5) is 17.6. The zero-order valence-corrected chi connectivity index (χ0v) is 19.3. The molecule has 1 aliphatic heterocycles. The number of rotatable bonds is 9. The molecule has 3 aromatic rings. The van der Waals surface area contributed by atoms with E-state index in [0.717, 1.165) is 67.3 Å². The predicted octanol–water partition coefficient (Wildman–Crippen LogP) is 5.49. The number of halogens is 1. The molecule has 7 nitrogen and oxygen atoms in total. The fraction of sp³-hybridized carbons (Fsp3) is 0.520. The van der Waals surface area contributed by atoms with Crippen molar-refractivity contribution in [3.63, 3.8) is 0 Å². The maximum absolute atomic E-state index is 13.5. The van der Waals surface area contributed by atoms with Crippen LogP contribution in [0.2, 0.25) is 0 Å². The Hall–Kier alpha value is -3.03. The van der Waals surface area contributed by atoms with Crippen molar-refractivity contribution in [3.05, 3.63) is 57.1 Å². The van der Waals surface area contributed by atoms with Crippen molar-refractivity contribution in [2.24, 2.45) is 5.16 Å². The van der Waals surface area contributed by atoms with Gasteiger partial charge in [0.05, 0.1) is 5.69 Å². The molecular weight excluding hydrogens is 423 g/mol. The van der Waals surface area contributed by atoms with Gasteiger partial charge in [-0.2, -0.15) is 0 Å². The van der Waals surface area contributed by atoms with Gasteiger partial charge in [-0.05, 0) is 57.6 Å². The number of hydrogen-bond donors (Lipinski definition) is 1. The van der Waals surface area contributed by atoms with Crippen molar-refractivity contribution in [3.8, 4) is 0 Å². The van der Waals surface area contributed by atoms with Crippen LogP contribution >= 0.6 is 0 Å². The van der Waals surface area contributed by atoms with Gasteiger partial charge in [-0.15, -0.1) is 0 Å². The van der Waals surface area contributed by atoms with Crippen LogP contribution in [0.4, 0.5) is 4.39 Å². The van der Waals surface area contributed by atoms with Crippen molar-refractivity contribution in [1.29, 1.82) is 0 Å². The lowest BCUT2D eigenvalue weighted by Gasteiger charge is -2.20. The first-order valence-electron chi connectivity index (χ1n) is 11.9. The van der Waals surface area contributed by atoms with Gasteiger partial charge in [0, 0.05) is 35.2 Å². The summed E-state index contributed by atoms with van der Waals surface area (Å²) in [5.74, 6) is 0.452. The molecule has 0 fully saturated rings. The molecule has 2 aromatic heterocycles. The van der Waals surface area contributed by atoms with E-state index in [1.54, 1.807) is 10.6 Å². The van der Waals surface area contributed by atoms with E-state index in [0.29, 0.717) is 36.5 Å². The first-order valence-corrected chi connectivity index (χ1v) is 11.9. The average Bonchev–Trinajstić information content (AvgIpc) is 3.22. The zero-order chi connectivity index (χ0) is 23.4. The normalized spacial score (nSPS) is 15.8. The highest BCUT2D eigenvalue weighted by atomic mass is 19.1. The molecule has 176 valence electrons. The minimum absolute atomic E-state index is 0.0106. The van der Waals surface area contributed by atoms with E-state index in [2.05, 4.69) is 22.2 Å². The number of nitrogens with zero attached hydrogens (tertiary/aromatic N) is 4. The summed E-state index contributed by atoms with van der Waals surface area (Å²) in [6.07, 6.45) is 8.03. The molecule has 4 rings (SSSR count). The molecule has 33 heavy (non-hydrogen) atoms. The molecule has 1 unspecified atom stereocenters. The number of aromatic nitrogens is 3. The molecular formula is C25H31FN4O3. The maximum atomic E-state index is 13.5. The summed E-state index contributed by atoms with van der Waals surface area (Å²) in [6, 6.07) is 4.60. The van der Waals surface area contributed by atoms with Crippen LogP contribution < -0.4 is 5.56 Å². The Morgan fingerprint density at radius 3 is 2.91 bits per heavy atom. The van der Waals surface area contributed by atoms with Gasteiger partial charge in [-0.3, -0.25) is 9.36 Å². The Morgan fingerprint density at radius 1 is 1.27 bits per heavy atom. The first kappa shape index (κ1) is 23.1. The molecule has 1 aromatic carbocycles. The Balaban J connectivity index is 1.38. The van der Waals surface area contributed by atoms with Gasteiger partial charge in [-0.25, -0.2) is 9.37 Å². The smallest absolute Gasteiger partial charge is 0.257 e. The van der Waals surface area contributed by atoms with Crippen LogP contribution in [0.25, 0.3) is 11.0 Å². The molecule has 1 N–H and O–H groups in total. The van der Waals surface area contributed by atoms with Gasteiger partial charge in [-0.1, -0.05) is 36.5 Å². The summed E-state index contributed by atoms with van der Waals surface area (Å²) in [5, 5.41) is 17.7. The lowest BCUT2D eigenvalue weighted by Crippen LogP contribution is -2.34. The van der Waals surface area contributed by atoms with Crippen LogP contribution in [0.15, 0.2) is 32.7 Å². The molecule has 0 radical (unpaired) electrons. The molecule has 0 saturated heterocycles. The van der Waals surface area contributed by atoms with Gasteiger partial charge in [0.1, 0.15) is 11.5 Å². The fourth-order valence-corrected chi connectivity index (χ4v) is 4.89. The second-order valence-electron chi connectivity index (χ2n) is 8.90. The summed E-state index contributed by atoms with van der Waals surface area (Å²) in [6.45, 7) is 4.62. The summed E-state index contributed by atoms with van der Waals surface area (Å²) in [5.41, 5.74) is 3.37. The number of aryl methyl sites for hydroxylation is 1. The van der Waals surface area contributed by atoms with Crippen molar-refractivity contribution >= 4 is 16.7 Å². The van der Waals surface area contributed by atoms with E-state index in [-0.39, 0.29) is 17.3 Å². The third-order valence-corrected chi connectivity index (χ3v) is 6.61. The minimum atomic E-state index is -0.319. The molecule has 1 atom stereocenters. The third-order valence-electron chi connectivity index (χ3n) is 6.61. The molecule has 0 aliphatic carbocycles. The zero-order valence-electron chi connectivity index (χ0n) is 19.3. The van der Waals surface area contributed by atoms with E-state index < -0.39 is 0 Å². The summed E-state index contributed by atoms with van der Waals surface area (Å²) >= 11 is 0. The molecule has 0 spiro atoms. The van der Waals surface area contributed by atoms with Gasteiger partial charge < -0.3 is 9.73 Å². The second-order valence-corrected chi connectivity index (χ2v) is 8.90. The Morgan fingerprint density at radius 2 is 2.12 bits per heavy atom. The molecule has 1 aliphatic rings. The van der Waals surface area contributed by atoms with E-state index in [1.165, 1.54) is 12.1 Å². The predicted molar refractivity (Wildman–Crippen MR) is 125 cm³/mol. The van der Waals surface area contributed by atoms with Crippen molar-refractivity contribution in [1.82, 2.24) is 14.7 Å². The molecule has 0 saturated carbocycles. The van der Waals surface area contributed by atoms with Gasteiger partial charge in [0.25, 0.3) is 5.56 Å². The Kier molecular flexibility index (Phi) is 7.20. The second kappa shape index (κ2) is 10.3. The van der Waals surface area contributed by atoms with E-state index >= 15 is 0 Å². The van der Waals surface area contributed by atoms with E-state index in [9.17, 15) is 14.4 Å². The topological polar surface area (TPSA) is 93.5 Å². The number of oxime groups is 1. The average molecular weight is 455 g/mol. The highest BCUT2D eigenvalue weighted by molar-refractivity contribution is 5.97. The third kappa shape index (κ3) is 4.84. The van der Waals surface area contributed by atoms with Gasteiger partial charge >= 0.3 is 0 Å². The van der Waals surface area contributed by atoms with Crippen molar-refractivity contribution in [2.75, 3.05) is 0 Å². The van der Waals surface area contributed by atoms with Crippen molar-refractivity contribution in [2.45, 2.75) is 84.1 Å². The fourth-order valence-electron chi connectivity index (χ4n) is 4.89. The molecule has 3 heterocycles. The number of unbranched alkanes of at least 4 members (excludes halogenated alkanes) is 2. The van der Waals surface area contributed by atoms with E-state index in [4.69, 9.17) is 4.52 Å². The number of fused-ring (bicyclic) bond motifs is 2. The van der Waals surface area contributed by atoms with Crippen LogP contribution in [-0.4, -0.2) is 25.6 Å². The molecule has 0 amide bonds. The van der Waals surface area contributed by atoms with Crippen molar-refractivity contribution < 1.29 is 14.1 Å². The van der Waals surface area contributed by atoms with E-state index in [1.807, 2.05) is 6.92 Å². The van der Waals surface area contributed by atoms with Gasteiger partial charge in [0.2, 0.25) is 0 Å². The summed E-state index contributed by atoms with van der Waals surface area (Å²) < 4.78 is 20.5. The number of benzene rings is 1. The van der Waals surface area contributed by atoms with Gasteiger partial charge in [0.15, 0.2) is 11.4 Å². The van der Waals surface area contributed by atoms with Crippen LogP contribution in [-0.2, 0) is 13.0 Å². The van der Waals surface area contributed by atoms with Crippen LogP contribution in [0.1, 0.15) is 87.0 Å². The van der Waals surface area contributed by atoms with Crippen LogP contribution in [0, 0.1) is 12.7 Å². The minimum Gasteiger partial charge on any atom is -0.411 e. The molecule has 0 bridgehead atoms. The Labute approximate surface area is 192 Å². The maximum Gasteiger partial charge on any atom is 0.257 e. The highest BCUT2D eigenvalue weighted by Crippen LogP contribution is 2.32. The quantitative estimate of drug-likeness (QED) is 0.262. The monoisotopic (exact) mass is 454 g/mol. The largest absolute Gasteiger partial charge is 0.411 e. The number of hydrogen-bond acceptors (Lipinski definition) is 6. The molecule has 8 heteroatoms. The Bertz CT molecular complexity index is 1210. The standard InChI is InChI=1S/C25H31FN4O3/c1-3-8-17(23-20-13-12-18(26)15-22(20)33-29-23)9-5-4-6-10-19-16(2)27-24-21(28-32)11-7-14-30(24)25(19)31/h12-13,15,17,32H,3-11,14H2,1-2H3/b28-21-. The van der Waals surface area contributed by atoms with Crippen LogP contribution in [0.5, 0.6) is 0 Å².